The lowest BCUT2D eigenvalue weighted by molar-refractivity contribution is -0.284. The number of ether oxygens (including phenoxy) is 3. The van der Waals surface area contributed by atoms with Crippen molar-refractivity contribution in [2.45, 2.75) is 80.9 Å². The predicted molar refractivity (Wildman–Crippen MR) is 87.3 cm³/mol. The lowest BCUT2D eigenvalue weighted by Crippen LogP contribution is -2.53. The van der Waals surface area contributed by atoms with Crippen molar-refractivity contribution in [2.24, 2.45) is 17.8 Å². The first kappa shape index (κ1) is 14.7. The maximum atomic E-state index is 10.3. The van der Waals surface area contributed by atoms with Crippen molar-refractivity contribution in [3.8, 4) is 0 Å². The Bertz CT molecular complexity index is 594. The highest BCUT2D eigenvalue weighted by Gasteiger charge is 2.78. The van der Waals surface area contributed by atoms with Gasteiger partial charge in [0.1, 0.15) is 11.2 Å². The molecule has 2 heterocycles. The molecular formula is C20H28O4. The van der Waals surface area contributed by atoms with Gasteiger partial charge in [0.25, 0.3) is 0 Å². The third kappa shape index (κ3) is 1.69. The maximum Gasteiger partial charge on any atom is 0.171 e. The van der Waals surface area contributed by atoms with Gasteiger partial charge in [0.2, 0.25) is 0 Å². The third-order valence-electron chi connectivity index (χ3n) is 8.19. The normalized spacial score (nSPS) is 54.3. The highest BCUT2D eigenvalue weighted by Crippen LogP contribution is 2.72. The molecule has 4 nitrogen and oxygen atoms in total. The molecule has 6 unspecified atom stereocenters. The van der Waals surface area contributed by atoms with E-state index in [-0.39, 0.29) is 23.1 Å². The molecule has 6 aliphatic rings. The molecule has 2 aliphatic heterocycles. The summed E-state index contributed by atoms with van der Waals surface area (Å²) >= 11 is 0. The minimum atomic E-state index is -0.369. The van der Waals surface area contributed by atoms with Crippen LogP contribution in [0.15, 0.2) is 11.6 Å². The molecule has 4 aliphatic carbocycles. The fourth-order valence-electron chi connectivity index (χ4n) is 7.10. The second-order valence-electron chi connectivity index (χ2n) is 9.07. The van der Waals surface area contributed by atoms with Crippen LogP contribution in [0.5, 0.6) is 0 Å². The Kier molecular flexibility index (Phi) is 2.85. The van der Waals surface area contributed by atoms with Gasteiger partial charge in [0, 0.05) is 12.8 Å². The Labute approximate surface area is 143 Å². The van der Waals surface area contributed by atoms with Crippen LogP contribution in [0.2, 0.25) is 0 Å². The van der Waals surface area contributed by atoms with Crippen molar-refractivity contribution in [3.05, 3.63) is 11.6 Å². The topological polar surface area (TPSA) is 51.2 Å². The number of aliphatic hydroxyl groups excluding tert-OH is 1. The Balaban J connectivity index is 1.32. The Morgan fingerprint density at radius 3 is 2.75 bits per heavy atom. The number of allylic oxidation sites excluding steroid dienone is 1. The molecule has 0 bridgehead atoms. The summed E-state index contributed by atoms with van der Waals surface area (Å²) in [5, 5.41) is 10.3. The van der Waals surface area contributed by atoms with E-state index >= 15 is 0 Å². The lowest BCUT2D eigenvalue weighted by atomic mass is 9.57. The monoisotopic (exact) mass is 332 g/mol. The van der Waals surface area contributed by atoms with E-state index in [2.05, 4.69) is 6.08 Å². The summed E-state index contributed by atoms with van der Waals surface area (Å²) < 4.78 is 18.8. The smallest absolute Gasteiger partial charge is 0.171 e. The molecule has 3 saturated carbocycles. The van der Waals surface area contributed by atoms with Crippen LogP contribution in [0.4, 0.5) is 0 Å². The van der Waals surface area contributed by atoms with Crippen molar-refractivity contribution in [1.29, 1.82) is 0 Å². The van der Waals surface area contributed by atoms with E-state index in [1.807, 2.05) is 0 Å². The van der Waals surface area contributed by atoms with Gasteiger partial charge >= 0.3 is 0 Å². The largest absolute Gasteiger partial charge is 0.393 e. The van der Waals surface area contributed by atoms with Gasteiger partial charge in [-0.05, 0) is 68.3 Å². The summed E-state index contributed by atoms with van der Waals surface area (Å²) in [6.45, 7) is 1.66. The van der Waals surface area contributed by atoms with Gasteiger partial charge in [-0.2, -0.15) is 0 Å². The number of epoxide rings is 1. The lowest BCUT2D eigenvalue weighted by Gasteiger charge is -2.48. The van der Waals surface area contributed by atoms with Crippen LogP contribution in [-0.4, -0.2) is 41.4 Å². The predicted octanol–water partition coefficient (Wildman–Crippen LogP) is 2.94. The van der Waals surface area contributed by atoms with E-state index in [0.29, 0.717) is 17.8 Å². The van der Waals surface area contributed by atoms with Crippen LogP contribution >= 0.6 is 0 Å². The average molecular weight is 332 g/mol. The van der Waals surface area contributed by atoms with Crippen molar-refractivity contribution in [3.63, 3.8) is 0 Å². The molecule has 4 heteroatoms. The van der Waals surface area contributed by atoms with Crippen LogP contribution in [0, 0.1) is 17.8 Å². The van der Waals surface area contributed by atoms with Crippen LogP contribution < -0.4 is 0 Å². The van der Waals surface area contributed by atoms with E-state index < -0.39 is 0 Å². The molecule has 1 spiro atoms. The van der Waals surface area contributed by atoms with E-state index in [1.54, 1.807) is 5.57 Å². The second kappa shape index (κ2) is 4.64. The van der Waals surface area contributed by atoms with Crippen molar-refractivity contribution < 1.29 is 19.3 Å². The van der Waals surface area contributed by atoms with Crippen molar-refractivity contribution in [2.75, 3.05) is 13.2 Å². The van der Waals surface area contributed by atoms with Crippen LogP contribution in [-0.2, 0) is 14.2 Å². The zero-order valence-electron chi connectivity index (χ0n) is 14.3. The van der Waals surface area contributed by atoms with Gasteiger partial charge < -0.3 is 19.3 Å². The molecule has 24 heavy (non-hydrogen) atoms. The Hall–Kier alpha value is -0.420. The third-order valence-corrected chi connectivity index (χ3v) is 8.19. The van der Waals surface area contributed by atoms with Gasteiger partial charge in [-0.3, -0.25) is 0 Å². The van der Waals surface area contributed by atoms with E-state index in [1.165, 1.54) is 12.8 Å². The van der Waals surface area contributed by atoms with Gasteiger partial charge in [0.05, 0.1) is 19.3 Å². The Morgan fingerprint density at radius 2 is 1.88 bits per heavy atom. The summed E-state index contributed by atoms with van der Waals surface area (Å²) in [6.07, 6.45) is 11.9. The fraction of sp³-hybridized carbons (Fsp3) is 0.900. The number of hydrogen-bond donors (Lipinski definition) is 1. The number of hydrogen-bond acceptors (Lipinski definition) is 4. The summed E-state index contributed by atoms with van der Waals surface area (Å²) in [6, 6.07) is 0. The molecule has 0 amide bonds. The molecule has 0 aromatic rings. The highest BCUT2D eigenvalue weighted by atomic mass is 16.7. The van der Waals surface area contributed by atoms with Crippen LogP contribution in [0.1, 0.15) is 57.8 Å². The van der Waals surface area contributed by atoms with Gasteiger partial charge in [0.15, 0.2) is 5.79 Å². The average Bonchev–Trinajstić information content (AvgIpc) is 3.15. The fourth-order valence-corrected chi connectivity index (χ4v) is 7.10. The molecule has 1 N–H and O–H groups in total. The van der Waals surface area contributed by atoms with E-state index in [0.717, 1.165) is 58.2 Å². The molecule has 5 fully saturated rings. The van der Waals surface area contributed by atoms with Crippen LogP contribution in [0.3, 0.4) is 0 Å². The first-order chi connectivity index (χ1) is 11.7. The maximum absolute atomic E-state index is 10.3. The standard InChI is InChI=1S/C20H28O4/c21-17-5-3-13-14-6-7-18-12-19(22-10-1-11-23-19)8-9-20(18,24-18)16(14)4-2-15(13)17/h4,13-15,17,21H,1-3,5-12H2. The summed E-state index contributed by atoms with van der Waals surface area (Å²) in [7, 11) is 0. The number of fused-ring (bicyclic) bond motifs is 3. The SMILES string of the molecule is OC1CCC2C3CCC45CC6(CCC4(O5)C3=CCC12)OCCCO6. The molecular weight excluding hydrogens is 304 g/mol. The molecule has 6 atom stereocenters. The van der Waals surface area contributed by atoms with Crippen molar-refractivity contribution >= 4 is 0 Å². The Morgan fingerprint density at radius 1 is 1.00 bits per heavy atom. The number of aliphatic hydroxyl groups is 1. The van der Waals surface area contributed by atoms with E-state index in [4.69, 9.17) is 14.2 Å². The molecule has 2 saturated heterocycles. The van der Waals surface area contributed by atoms with Gasteiger partial charge in [-0.25, -0.2) is 0 Å². The zero-order valence-corrected chi connectivity index (χ0v) is 14.3. The van der Waals surface area contributed by atoms with E-state index in [9.17, 15) is 5.11 Å². The summed E-state index contributed by atoms with van der Waals surface area (Å²) in [5.41, 5.74) is 1.56. The molecule has 132 valence electrons. The first-order valence-corrected chi connectivity index (χ1v) is 10.0. The summed E-state index contributed by atoms with van der Waals surface area (Å²) in [5.74, 6) is 1.47. The highest BCUT2D eigenvalue weighted by molar-refractivity contribution is 5.42. The van der Waals surface area contributed by atoms with Gasteiger partial charge in [-0.15, -0.1) is 0 Å². The molecule has 0 aromatic carbocycles. The molecule has 6 rings (SSSR count). The zero-order chi connectivity index (χ0) is 16.0. The van der Waals surface area contributed by atoms with Crippen molar-refractivity contribution in [1.82, 2.24) is 0 Å². The second-order valence-corrected chi connectivity index (χ2v) is 9.07. The minimum absolute atomic E-state index is 0.0101. The molecule has 0 aromatic heterocycles. The minimum Gasteiger partial charge on any atom is -0.393 e. The molecule has 0 radical (unpaired) electrons. The number of rotatable bonds is 0. The summed E-state index contributed by atoms with van der Waals surface area (Å²) in [4.78, 5) is 0. The van der Waals surface area contributed by atoms with Crippen LogP contribution in [0.25, 0.3) is 0 Å². The quantitative estimate of drug-likeness (QED) is 0.547. The first-order valence-electron chi connectivity index (χ1n) is 10.0. The van der Waals surface area contributed by atoms with Gasteiger partial charge in [-0.1, -0.05) is 6.08 Å².